The molecule has 0 amide bonds. The van der Waals surface area contributed by atoms with Gasteiger partial charge in [-0.1, -0.05) is 37.3 Å². The van der Waals surface area contributed by atoms with Gasteiger partial charge in [0.2, 0.25) is 0 Å². The smallest absolute Gasteiger partial charge is 0.350 e. The van der Waals surface area contributed by atoms with E-state index in [0.717, 1.165) is 11.6 Å². The van der Waals surface area contributed by atoms with Crippen LogP contribution in [0.5, 0.6) is 0 Å². The van der Waals surface area contributed by atoms with E-state index in [1.54, 1.807) is 14.0 Å². The van der Waals surface area contributed by atoms with Crippen LogP contribution in [0.3, 0.4) is 0 Å². The van der Waals surface area contributed by atoms with Crippen LogP contribution in [0.15, 0.2) is 35.3 Å². The van der Waals surface area contributed by atoms with Crippen molar-refractivity contribution in [2.75, 3.05) is 20.2 Å². The third-order valence-electron chi connectivity index (χ3n) is 4.17. The predicted octanol–water partition coefficient (Wildman–Crippen LogP) is 3.66. The molecule has 0 fully saturated rings. The first-order valence-corrected chi connectivity index (χ1v) is 9.94. The summed E-state index contributed by atoms with van der Waals surface area (Å²) in [4.78, 5) is 21.3. The van der Waals surface area contributed by atoms with Crippen LogP contribution in [0.1, 0.15) is 58.7 Å². The van der Waals surface area contributed by atoms with Crippen molar-refractivity contribution >= 4 is 23.3 Å². The molecular weight excluding hydrogens is 360 g/mol. The first-order valence-electron chi connectivity index (χ1n) is 9.12. The molecule has 1 aromatic carbocycles. The summed E-state index contributed by atoms with van der Waals surface area (Å²) >= 11 is 1.36. The van der Waals surface area contributed by atoms with E-state index in [4.69, 9.17) is 4.74 Å². The number of ether oxygens (including phenoxy) is 1. The maximum Gasteiger partial charge on any atom is 0.350 e. The summed E-state index contributed by atoms with van der Waals surface area (Å²) in [5, 5.41) is 7.52. The Labute approximate surface area is 165 Å². The van der Waals surface area contributed by atoms with Crippen molar-refractivity contribution < 1.29 is 9.53 Å². The minimum absolute atomic E-state index is 0.0740. The largest absolute Gasteiger partial charge is 0.462 e. The van der Waals surface area contributed by atoms with Crippen molar-refractivity contribution in [1.82, 2.24) is 15.6 Å². The Balaban J connectivity index is 1.96. The lowest BCUT2D eigenvalue weighted by atomic mass is 10.0. The van der Waals surface area contributed by atoms with Crippen molar-refractivity contribution in [1.29, 1.82) is 0 Å². The van der Waals surface area contributed by atoms with Gasteiger partial charge >= 0.3 is 5.97 Å². The van der Waals surface area contributed by atoms with Crippen molar-refractivity contribution in [2.24, 2.45) is 4.99 Å². The van der Waals surface area contributed by atoms with Crippen LogP contribution in [0.25, 0.3) is 0 Å². The molecular formula is C20H28N4O2S. The molecule has 146 valence electrons. The fourth-order valence-electron chi connectivity index (χ4n) is 2.60. The highest BCUT2D eigenvalue weighted by Gasteiger charge is 2.20. The van der Waals surface area contributed by atoms with Crippen LogP contribution < -0.4 is 10.6 Å². The molecule has 0 bridgehead atoms. The number of nitrogens with one attached hydrogen (secondary N) is 2. The summed E-state index contributed by atoms with van der Waals surface area (Å²) in [6, 6.07) is 10.3. The molecule has 27 heavy (non-hydrogen) atoms. The number of aliphatic imine (C=N–C) groups is 1. The molecule has 0 aliphatic carbocycles. The predicted molar refractivity (Wildman–Crippen MR) is 111 cm³/mol. The maximum absolute atomic E-state index is 12.0. The zero-order valence-corrected chi connectivity index (χ0v) is 17.4. The van der Waals surface area contributed by atoms with Gasteiger partial charge in [-0.15, -0.1) is 11.3 Å². The molecule has 2 N–H and O–H groups in total. The van der Waals surface area contributed by atoms with E-state index < -0.39 is 0 Å². The molecule has 1 heterocycles. The van der Waals surface area contributed by atoms with E-state index in [-0.39, 0.29) is 12.0 Å². The van der Waals surface area contributed by atoms with E-state index >= 15 is 0 Å². The average molecular weight is 389 g/mol. The van der Waals surface area contributed by atoms with Gasteiger partial charge in [-0.2, -0.15) is 0 Å². The van der Waals surface area contributed by atoms with Gasteiger partial charge in [-0.05, 0) is 32.3 Å². The summed E-state index contributed by atoms with van der Waals surface area (Å²) in [6.45, 7) is 8.92. The Hall–Kier alpha value is -2.41. The van der Waals surface area contributed by atoms with Gasteiger partial charge in [0.1, 0.15) is 9.88 Å². The van der Waals surface area contributed by atoms with Gasteiger partial charge in [0.05, 0.1) is 18.3 Å². The number of aryl methyl sites for hydroxylation is 1. The highest BCUT2D eigenvalue weighted by Crippen LogP contribution is 2.24. The summed E-state index contributed by atoms with van der Waals surface area (Å²) < 4.78 is 5.09. The molecule has 2 unspecified atom stereocenters. The molecule has 2 atom stereocenters. The number of carbonyl (C=O) groups is 1. The molecule has 0 saturated carbocycles. The summed E-state index contributed by atoms with van der Waals surface area (Å²) in [5.74, 6) is 0.749. The van der Waals surface area contributed by atoms with Gasteiger partial charge in [0.25, 0.3) is 0 Å². The van der Waals surface area contributed by atoms with E-state index in [9.17, 15) is 4.79 Å². The third kappa shape index (κ3) is 5.79. The van der Waals surface area contributed by atoms with Crippen LogP contribution in [0.4, 0.5) is 0 Å². The molecule has 2 aromatic rings. The van der Waals surface area contributed by atoms with Crippen LogP contribution in [-0.4, -0.2) is 37.1 Å². The first-order chi connectivity index (χ1) is 13.0. The maximum atomic E-state index is 12.0. The number of aromatic nitrogens is 1. The van der Waals surface area contributed by atoms with Gasteiger partial charge in [0.15, 0.2) is 5.96 Å². The highest BCUT2D eigenvalue weighted by atomic mass is 32.1. The normalized spacial score (nSPS) is 13.7. The number of guanidine groups is 1. The Morgan fingerprint density at radius 3 is 2.63 bits per heavy atom. The molecule has 7 heteroatoms. The minimum atomic E-state index is -0.315. The monoisotopic (exact) mass is 388 g/mol. The van der Waals surface area contributed by atoms with Crippen molar-refractivity contribution in [3.05, 3.63) is 51.5 Å². The molecule has 0 aliphatic heterocycles. The van der Waals surface area contributed by atoms with Gasteiger partial charge < -0.3 is 15.4 Å². The second-order valence-corrected chi connectivity index (χ2v) is 7.35. The minimum Gasteiger partial charge on any atom is -0.462 e. The van der Waals surface area contributed by atoms with Gasteiger partial charge in [-0.3, -0.25) is 4.99 Å². The summed E-state index contributed by atoms with van der Waals surface area (Å²) in [6.07, 6.45) is 0. The second-order valence-electron chi connectivity index (χ2n) is 6.32. The Bertz CT molecular complexity index is 774. The number of carbonyl (C=O) groups excluding carboxylic acids is 1. The van der Waals surface area contributed by atoms with Crippen LogP contribution in [0, 0.1) is 6.92 Å². The number of esters is 1. The molecule has 0 spiro atoms. The number of rotatable bonds is 7. The molecule has 0 radical (unpaired) electrons. The van der Waals surface area contributed by atoms with Crippen LogP contribution >= 0.6 is 11.3 Å². The van der Waals surface area contributed by atoms with Gasteiger partial charge in [0, 0.05) is 13.6 Å². The zero-order chi connectivity index (χ0) is 19.8. The first kappa shape index (κ1) is 20.9. The van der Waals surface area contributed by atoms with Gasteiger partial charge in [-0.25, -0.2) is 9.78 Å². The Kier molecular flexibility index (Phi) is 7.79. The number of hydrogen-bond donors (Lipinski definition) is 2. The van der Waals surface area contributed by atoms with E-state index in [2.05, 4.69) is 39.7 Å². The summed E-state index contributed by atoms with van der Waals surface area (Å²) in [5.41, 5.74) is 1.98. The lowest BCUT2D eigenvalue weighted by molar-refractivity contribution is 0.0531. The molecule has 0 saturated heterocycles. The average Bonchev–Trinajstić information content (AvgIpc) is 3.07. The topological polar surface area (TPSA) is 75.6 Å². The van der Waals surface area contributed by atoms with E-state index in [1.165, 1.54) is 16.9 Å². The molecule has 1 aromatic heterocycles. The molecule has 2 rings (SSSR count). The van der Waals surface area contributed by atoms with E-state index in [0.29, 0.717) is 29.1 Å². The number of benzene rings is 1. The SMILES string of the molecule is CCOC(=O)c1sc(C(C)NC(=NC)NCC(C)c2ccccc2)nc1C. The number of hydrogen-bond acceptors (Lipinski definition) is 5. The van der Waals surface area contributed by atoms with Crippen molar-refractivity contribution in [2.45, 2.75) is 39.7 Å². The highest BCUT2D eigenvalue weighted by molar-refractivity contribution is 7.13. The quantitative estimate of drug-likeness (QED) is 0.430. The standard InChI is InChI=1S/C20H28N4O2S/c1-6-26-19(25)17-14(3)23-18(27-17)15(4)24-20(21-5)22-12-13(2)16-10-8-7-9-11-16/h7-11,13,15H,6,12H2,1-5H3,(H2,21,22,24). The molecule has 6 nitrogen and oxygen atoms in total. The third-order valence-corrected chi connectivity index (χ3v) is 5.49. The zero-order valence-electron chi connectivity index (χ0n) is 16.6. The number of nitrogens with zero attached hydrogens (tertiary/aromatic N) is 2. The second kappa shape index (κ2) is 10.1. The molecule has 0 aliphatic rings. The summed E-state index contributed by atoms with van der Waals surface area (Å²) in [7, 11) is 1.74. The Morgan fingerprint density at radius 1 is 1.30 bits per heavy atom. The fourth-order valence-corrected chi connectivity index (χ4v) is 3.56. The fraction of sp³-hybridized carbons (Fsp3) is 0.450. The number of thiazole rings is 1. The lowest BCUT2D eigenvalue weighted by Crippen LogP contribution is -2.40. The Morgan fingerprint density at radius 2 is 2.00 bits per heavy atom. The van der Waals surface area contributed by atoms with Crippen molar-refractivity contribution in [3.63, 3.8) is 0 Å². The lowest BCUT2D eigenvalue weighted by Gasteiger charge is -2.19. The van der Waals surface area contributed by atoms with E-state index in [1.807, 2.05) is 32.0 Å². The van der Waals surface area contributed by atoms with Crippen molar-refractivity contribution in [3.8, 4) is 0 Å². The van der Waals surface area contributed by atoms with Crippen LogP contribution in [-0.2, 0) is 4.74 Å². The van der Waals surface area contributed by atoms with Crippen LogP contribution in [0.2, 0.25) is 0 Å².